The Balaban J connectivity index is 2.28. The molecule has 2 N–H and O–H groups in total. The highest BCUT2D eigenvalue weighted by molar-refractivity contribution is 5.82. The topological polar surface area (TPSA) is 70.1 Å². The monoisotopic (exact) mass is 379 g/mol. The minimum absolute atomic E-state index is 0.0169. The van der Waals surface area contributed by atoms with E-state index >= 15 is 0 Å². The molecule has 4 nitrogen and oxygen atoms in total. The highest BCUT2D eigenvalue weighted by Gasteiger charge is 2.37. The van der Waals surface area contributed by atoms with Crippen LogP contribution >= 0.6 is 0 Å². The van der Waals surface area contributed by atoms with Crippen molar-refractivity contribution in [3.63, 3.8) is 0 Å². The van der Waals surface area contributed by atoms with Gasteiger partial charge in [-0.15, -0.1) is 0 Å². The van der Waals surface area contributed by atoms with Gasteiger partial charge in [0, 0.05) is 6.54 Å². The maximum Gasteiger partial charge on any atom is 0.416 e. The maximum atomic E-state index is 12.9. The van der Waals surface area contributed by atoms with E-state index in [9.17, 15) is 31.1 Å². The SMILES string of the molecule is N#C[C@@H]1CCCN1C(=O)[C@@H](N)Cc1cc(C(F)(F)F)cc(C(F)(F)F)c1. The van der Waals surface area contributed by atoms with Crippen LogP contribution in [-0.2, 0) is 23.6 Å². The number of benzene rings is 1. The molecule has 0 aromatic heterocycles. The Bertz CT molecular complexity index is 690. The average molecular weight is 379 g/mol. The Kier molecular flexibility index (Phi) is 5.51. The fraction of sp³-hybridized carbons (Fsp3) is 0.500. The first-order chi connectivity index (χ1) is 11.9. The van der Waals surface area contributed by atoms with E-state index in [4.69, 9.17) is 11.0 Å². The predicted octanol–water partition coefficient (Wildman–Crippen LogP) is 3.11. The zero-order chi connectivity index (χ0) is 19.7. The molecule has 1 amide bonds. The van der Waals surface area contributed by atoms with E-state index < -0.39 is 47.9 Å². The zero-order valence-corrected chi connectivity index (χ0v) is 13.4. The van der Waals surface area contributed by atoms with E-state index in [1.54, 1.807) is 0 Å². The van der Waals surface area contributed by atoms with Crippen molar-refractivity contribution in [1.82, 2.24) is 4.90 Å². The van der Waals surface area contributed by atoms with Crippen LogP contribution in [-0.4, -0.2) is 29.4 Å². The molecule has 1 saturated heterocycles. The van der Waals surface area contributed by atoms with Gasteiger partial charge in [-0.3, -0.25) is 4.79 Å². The molecule has 0 spiro atoms. The minimum Gasteiger partial charge on any atom is -0.325 e. The van der Waals surface area contributed by atoms with E-state index in [0.717, 1.165) is 0 Å². The first kappa shape index (κ1) is 20.0. The first-order valence-electron chi connectivity index (χ1n) is 7.67. The highest BCUT2D eigenvalue weighted by atomic mass is 19.4. The molecule has 2 rings (SSSR count). The van der Waals surface area contributed by atoms with Gasteiger partial charge in [0.2, 0.25) is 5.91 Å². The number of hydrogen-bond acceptors (Lipinski definition) is 3. The molecule has 2 atom stereocenters. The Morgan fingerprint density at radius 1 is 1.19 bits per heavy atom. The third-order valence-electron chi connectivity index (χ3n) is 4.11. The fourth-order valence-corrected chi connectivity index (χ4v) is 2.86. The second-order valence-electron chi connectivity index (χ2n) is 6.04. The molecular formula is C16H15F6N3O. The molecule has 1 aromatic rings. The van der Waals surface area contributed by atoms with Gasteiger partial charge in [0.15, 0.2) is 0 Å². The summed E-state index contributed by atoms with van der Waals surface area (Å²) < 4.78 is 77.2. The standard InChI is InChI=1S/C16H15F6N3O/c17-15(18,19)10-4-9(5-11(7-10)16(20,21)22)6-13(24)14(26)25-3-1-2-12(25)8-23/h4-5,7,12-13H,1-3,6,24H2/t12-,13-/m0/s1. The summed E-state index contributed by atoms with van der Waals surface area (Å²) in [6.07, 6.45) is -9.40. The number of carbonyl (C=O) groups excluding carboxylic acids is 1. The Hall–Kier alpha value is -2.28. The number of amides is 1. The van der Waals surface area contributed by atoms with E-state index in [-0.39, 0.29) is 18.2 Å². The van der Waals surface area contributed by atoms with Crippen LogP contribution in [0.5, 0.6) is 0 Å². The number of alkyl halides is 6. The van der Waals surface area contributed by atoms with Crippen LogP contribution in [0.2, 0.25) is 0 Å². The lowest BCUT2D eigenvalue weighted by atomic mass is 9.99. The summed E-state index contributed by atoms with van der Waals surface area (Å²) >= 11 is 0. The van der Waals surface area contributed by atoms with Gasteiger partial charge < -0.3 is 10.6 Å². The Morgan fingerprint density at radius 2 is 1.73 bits per heavy atom. The van der Waals surface area contributed by atoms with Gasteiger partial charge in [0.25, 0.3) is 0 Å². The minimum atomic E-state index is -4.97. The average Bonchev–Trinajstić information content (AvgIpc) is 3.00. The largest absolute Gasteiger partial charge is 0.416 e. The molecule has 10 heteroatoms. The molecule has 142 valence electrons. The molecule has 1 heterocycles. The molecule has 26 heavy (non-hydrogen) atoms. The highest BCUT2D eigenvalue weighted by Crippen LogP contribution is 2.36. The number of halogens is 6. The lowest BCUT2D eigenvalue weighted by Crippen LogP contribution is -2.46. The van der Waals surface area contributed by atoms with Crippen molar-refractivity contribution in [2.75, 3.05) is 6.54 Å². The summed E-state index contributed by atoms with van der Waals surface area (Å²) in [6, 6.07) is 1.02. The van der Waals surface area contributed by atoms with Crippen molar-refractivity contribution in [2.45, 2.75) is 43.7 Å². The molecule has 1 aliphatic heterocycles. The zero-order valence-electron chi connectivity index (χ0n) is 13.4. The van der Waals surface area contributed by atoms with Crippen LogP contribution in [0.3, 0.4) is 0 Å². The van der Waals surface area contributed by atoms with Crippen LogP contribution in [0.15, 0.2) is 18.2 Å². The normalized spacial score (nSPS) is 19.3. The quantitative estimate of drug-likeness (QED) is 0.821. The number of rotatable bonds is 3. The number of hydrogen-bond donors (Lipinski definition) is 1. The van der Waals surface area contributed by atoms with E-state index in [1.165, 1.54) is 4.90 Å². The maximum absolute atomic E-state index is 12.9. The molecule has 0 aliphatic carbocycles. The van der Waals surface area contributed by atoms with Gasteiger partial charge in [0.1, 0.15) is 6.04 Å². The lowest BCUT2D eigenvalue weighted by Gasteiger charge is -2.23. The number of nitrogens with zero attached hydrogens (tertiary/aromatic N) is 2. The van der Waals surface area contributed by atoms with Crippen LogP contribution < -0.4 is 5.73 Å². The fourth-order valence-electron chi connectivity index (χ4n) is 2.86. The van der Waals surface area contributed by atoms with Gasteiger partial charge in [-0.25, -0.2) is 0 Å². The number of nitrogens with two attached hydrogens (primary N) is 1. The molecule has 1 fully saturated rings. The first-order valence-corrected chi connectivity index (χ1v) is 7.67. The van der Waals surface area contributed by atoms with Crippen LogP contribution in [0.25, 0.3) is 0 Å². The van der Waals surface area contributed by atoms with Crippen molar-refractivity contribution in [3.05, 3.63) is 34.9 Å². The molecule has 1 aromatic carbocycles. The molecule has 0 bridgehead atoms. The van der Waals surface area contributed by atoms with Gasteiger partial charge in [-0.05, 0) is 43.0 Å². The van der Waals surface area contributed by atoms with Gasteiger partial charge in [-0.2, -0.15) is 31.6 Å². The number of carbonyl (C=O) groups is 1. The summed E-state index contributed by atoms with van der Waals surface area (Å²) in [5.74, 6) is -0.667. The van der Waals surface area contributed by atoms with Gasteiger partial charge in [0.05, 0.1) is 23.2 Å². The Morgan fingerprint density at radius 3 is 2.19 bits per heavy atom. The van der Waals surface area contributed by atoms with Crippen molar-refractivity contribution >= 4 is 5.91 Å². The number of likely N-dealkylation sites (tertiary alicyclic amines) is 1. The smallest absolute Gasteiger partial charge is 0.325 e. The second-order valence-corrected chi connectivity index (χ2v) is 6.04. The summed E-state index contributed by atoms with van der Waals surface area (Å²) in [4.78, 5) is 13.5. The van der Waals surface area contributed by atoms with Crippen LogP contribution in [0.4, 0.5) is 26.3 Å². The summed E-state index contributed by atoms with van der Waals surface area (Å²) in [5, 5.41) is 8.97. The summed E-state index contributed by atoms with van der Waals surface area (Å²) in [6.45, 7) is 0.279. The molecular weight excluding hydrogens is 364 g/mol. The molecule has 0 radical (unpaired) electrons. The van der Waals surface area contributed by atoms with Crippen LogP contribution in [0, 0.1) is 11.3 Å². The van der Waals surface area contributed by atoms with Crippen LogP contribution in [0.1, 0.15) is 29.5 Å². The molecule has 1 aliphatic rings. The van der Waals surface area contributed by atoms with E-state index in [0.29, 0.717) is 25.0 Å². The Labute approximate surface area is 145 Å². The second kappa shape index (κ2) is 7.15. The van der Waals surface area contributed by atoms with E-state index in [1.807, 2.05) is 6.07 Å². The number of nitriles is 1. The van der Waals surface area contributed by atoms with E-state index in [2.05, 4.69) is 0 Å². The molecule has 0 saturated carbocycles. The summed E-state index contributed by atoms with van der Waals surface area (Å²) in [5.41, 5.74) is 2.43. The third kappa shape index (κ3) is 4.46. The van der Waals surface area contributed by atoms with Crippen molar-refractivity contribution < 1.29 is 31.1 Å². The molecule has 0 unspecified atom stereocenters. The van der Waals surface area contributed by atoms with Gasteiger partial charge in [-0.1, -0.05) is 0 Å². The summed E-state index contributed by atoms with van der Waals surface area (Å²) in [7, 11) is 0. The van der Waals surface area contributed by atoms with Gasteiger partial charge >= 0.3 is 12.4 Å². The predicted molar refractivity (Wildman–Crippen MR) is 78.5 cm³/mol. The third-order valence-corrected chi connectivity index (χ3v) is 4.11. The van der Waals surface area contributed by atoms with Crippen molar-refractivity contribution in [3.8, 4) is 6.07 Å². The van der Waals surface area contributed by atoms with Crippen molar-refractivity contribution in [2.24, 2.45) is 5.73 Å². The lowest BCUT2D eigenvalue weighted by molar-refractivity contribution is -0.143. The van der Waals surface area contributed by atoms with Crippen molar-refractivity contribution in [1.29, 1.82) is 5.26 Å².